The van der Waals surface area contributed by atoms with Crippen LogP contribution in [0.15, 0.2) is 70.1 Å². The Bertz CT molecular complexity index is 1280. The van der Waals surface area contributed by atoms with Gasteiger partial charge < -0.3 is 14.3 Å². The number of carbonyl (C=O) groups is 1. The van der Waals surface area contributed by atoms with Gasteiger partial charge in [0.15, 0.2) is 0 Å². The molecule has 2 aromatic heterocycles. The van der Waals surface area contributed by atoms with Gasteiger partial charge in [0.05, 0.1) is 19.4 Å². The fraction of sp³-hybridized carbons (Fsp3) is 0.167. The van der Waals surface area contributed by atoms with E-state index in [9.17, 15) is 14.0 Å². The molecule has 0 fully saturated rings. The van der Waals surface area contributed by atoms with Gasteiger partial charge in [-0.15, -0.1) is 0 Å². The Hall–Kier alpha value is -3.67. The largest absolute Gasteiger partial charge is 0.467 e. The SMILES string of the molecule is Cc1ccc2[nH]c(=O)c(CN(Cc3ccco3)C(=O)c3ccc(F)c(C)c3)cc2c1. The van der Waals surface area contributed by atoms with Crippen LogP contribution >= 0.6 is 0 Å². The summed E-state index contributed by atoms with van der Waals surface area (Å²) < 4.78 is 19.1. The summed E-state index contributed by atoms with van der Waals surface area (Å²) in [7, 11) is 0. The van der Waals surface area contributed by atoms with Crippen LogP contribution in [0.2, 0.25) is 0 Å². The minimum Gasteiger partial charge on any atom is -0.467 e. The van der Waals surface area contributed by atoms with Crippen molar-refractivity contribution in [1.29, 1.82) is 0 Å². The Balaban J connectivity index is 1.72. The van der Waals surface area contributed by atoms with Gasteiger partial charge in [0.25, 0.3) is 11.5 Å². The van der Waals surface area contributed by atoms with Crippen molar-refractivity contribution in [1.82, 2.24) is 9.88 Å². The molecule has 0 atom stereocenters. The van der Waals surface area contributed by atoms with E-state index in [1.165, 1.54) is 29.4 Å². The van der Waals surface area contributed by atoms with Crippen molar-refractivity contribution in [3.05, 3.63) is 105 Å². The van der Waals surface area contributed by atoms with E-state index in [2.05, 4.69) is 4.98 Å². The monoisotopic (exact) mass is 404 g/mol. The summed E-state index contributed by atoms with van der Waals surface area (Å²) in [5.74, 6) is -0.0843. The number of nitrogens with one attached hydrogen (secondary N) is 1. The first-order chi connectivity index (χ1) is 14.4. The zero-order chi connectivity index (χ0) is 21.3. The number of benzene rings is 2. The topological polar surface area (TPSA) is 66.3 Å². The highest BCUT2D eigenvalue weighted by molar-refractivity contribution is 5.94. The number of H-pyrrole nitrogens is 1. The second-order valence-corrected chi connectivity index (χ2v) is 7.42. The Morgan fingerprint density at radius 1 is 1.07 bits per heavy atom. The smallest absolute Gasteiger partial charge is 0.254 e. The van der Waals surface area contributed by atoms with E-state index in [1.54, 1.807) is 25.1 Å². The normalized spacial score (nSPS) is 11.0. The van der Waals surface area contributed by atoms with Gasteiger partial charge in [-0.2, -0.15) is 0 Å². The van der Waals surface area contributed by atoms with Crippen molar-refractivity contribution in [3.8, 4) is 0 Å². The predicted octanol–water partition coefficient (Wildman–Crippen LogP) is 4.72. The van der Waals surface area contributed by atoms with Crippen LogP contribution in [-0.2, 0) is 13.1 Å². The van der Waals surface area contributed by atoms with Crippen LogP contribution in [0.3, 0.4) is 0 Å². The van der Waals surface area contributed by atoms with Crippen LogP contribution in [0, 0.1) is 19.7 Å². The van der Waals surface area contributed by atoms with E-state index < -0.39 is 0 Å². The molecule has 0 bridgehead atoms. The van der Waals surface area contributed by atoms with Gasteiger partial charge in [-0.05, 0) is 73.3 Å². The van der Waals surface area contributed by atoms with Crippen molar-refractivity contribution in [3.63, 3.8) is 0 Å². The van der Waals surface area contributed by atoms with Gasteiger partial charge >= 0.3 is 0 Å². The number of aryl methyl sites for hydroxylation is 2. The molecule has 4 aromatic rings. The minimum absolute atomic E-state index is 0.0924. The predicted molar refractivity (Wildman–Crippen MR) is 113 cm³/mol. The quantitative estimate of drug-likeness (QED) is 0.523. The van der Waals surface area contributed by atoms with Crippen LogP contribution < -0.4 is 5.56 Å². The zero-order valence-corrected chi connectivity index (χ0v) is 16.7. The van der Waals surface area contributed by atoms with Gasteiger partial charge in [0.1, 0.15) is 11.6 Å². The molecule has 0 spiro atoms. The summed E-state index contributed by atoms with van der Waals surface area (Å²) in [6.07, 6.45) is 1.53. The summed E-state index contributed by atoms with van der Waals surface area (Å²) >= 11 is 0. The van der Waals surface area contributed by atoms with Gasteiger partial charge in [-0.25, -0.2) is 4.39 Å². The number of hydrogen-bond donors (Lipinski definition) is 1. The maximum Gasteiger partial charge on any atom is 0.254 e. The van der Waals surface area contributed by atoms with E-state index in [-0.39, 0.29) is 30.4 Å². The van der Waals surface area contributed by atoms with E-state index in [0.717, 1.165) is 16.5 Å². The van der Waals surface area contributed by atoms with Crippen LogP contribution in [0.25, 0.3) is 10.9 Å². The first-order valence-electron chi connectivity index (χ1n) is 9.61. The van der Waals surface area contributed by atoms with Gasteiger partial charge in [-0.3, -0.25) is 9.59 Å². The maximum atomic E-state index is 13.7. The van der Waals surface area contributed by atoms with Crippen LogP contribution in [-0.4, -0.2) is 15.8 Å². The first-order valence-corrected chi connectivity index (χ1v) is 9.61. The molecule has 2 aromatic carbocycles. The lowest BCUT2D eigenvalue weighted by atomic mass is 10.1. The second kappa shape index (κ2) is 7.99. The van der Waals surface area contributed by atoms with Crippen LogP contribution in [0.5, 0.6) is 0 Å². The summed E-state index contributed by atoms with van der Waals surface area (Å²) in [6, 6.07) is 15.3. The van der Waals surface area contributed by atoms with Crippen molar-refractivity contribution in [2.75, 3.05) is 0 Å². The van der Waals surface area contributed by atoms with Crippen molar-refractivity contribution in [2.24, 2.45) is 0 Å². The third kappa shape index (κ3) is 4.03. The molecule has 1 amide bonds. The average Bonchev–Trinajstić information content (AvgIpc) is 3.23. The third-order valence-electron chi connectivity index (χ3n) is 5.06. The average molecular weight is 404 g/mol. The molecule has 152 valence electrons. The molecule has 0 aliphatic heterocycles. The number of aromatic nitrogens is 1. The summed E-state index contributed by atoms with van der Waals surface area (Å²) in [4.78, 5) is 30.3. The molecular weight excluding hydrogens is 383 g/mol. The Morgan fingerprint density at radius 3 is 2.63 bits per heavy atom. The number of halogens is 1. The van der Waals surface area contributed by atoms with E-state index >= 15 is 0 Å². The summed E-state index contributed by atoms with van der Waals surface area (Å²) in [6.45, 7) is 3.87. The lowest BCUT2D eigenvalue weighted by Gasteiger charge is -2.22. The van der Waals surface area contributed by atoms with Gasteiger partial charge in [0, 0.05) is 16.6 Å². The molecule has 2 heterocycles. The number of nitrogens with zero attached hydrogens (tertiary/aromatic N) is 1. The number of pyridine rings is 1. The molecule has 0 aliphatic rings. The lowest BCUT2D eigenvalue weighted by Crippen LogP contribution is -2.32. The number of carbonyl (C=O) groups excluding carboxylic acids is 1. The van der Waals surface area contributed by atoms with Crippen molar-refractivity contribution in [2.45, 2.75) is 26.9 Å². The Morgan fingerprint density at radius 2 is 1.90 bits per heavy atom. The Kier molecular flexibility index (Phi) is 5.23. The number of hydrogen-bond acceptors (Lipinski definition) is 3. The molecule has 0 radical (unpaired) electrons. The molecule has 0 saturated heterocycles. The van der Waals surface area contributed by atoms with E-state index in [0.29, 0.717) is 22.5 Å². The fourth-order valence-electron chi connectivity index (χ4n) is 3.44. The summed E-state index contributed by atoms with van der Waals surface area (Å²) in [5, 5.41) is 0.896. The molecule has 30 heavy (non-hydrogen) atoms. The van der Waals surface area contributed by atoms with Crippen molar-refractivity contribution < 1.29 is 13.6 Å². The zero-order valence-electron chi connectivity index (χ0n) is 16.7. The molecular formula is C24H21FN2O3. The number of fused-ring (bicyclic) bond motifs is 1. The highest BCUT2D eigenvalue weighted by Crippen LogP contribution is 2.18. The Labute approximate surface area is 172 Å². The van der Waals surface area contributed by atoms with Gasteiger partial charge in [0.2, 0.25) is 0 Å². The van der Waals surface area contributed by atoms with E-state index in [4.69, 9.17) is 4.42 Å². The van der Waals surface area contributed by atoms with Crippen LogP contribution in [0.4, 0.5) is 4.39 Å². The number of furan rings is 1. The number of amides is 1. The standard InChI is InChI=1S/C24H21FN2O3/c1-15-5-8-22-18(10-15)12-19(23(28)26-22)13-27(14-20-4-3-9-30-20)24(29)17-6-7-21(25)16(2)11-17/h3-12H,13-14H2,1-2H3,(H,26,28). The molecule has 0 unspecified atom stereocenters. The minimum atomic E-state index is -0.370. The third-order valence-corrected chi connectivity index (χ3v) is 5.06. The molecule has 0 saturated carbocycles. The second-order valence-electron chi connectivity index (χ2n) is 7.42. The van der Waals surface area contributed by atoms with Gasteiger partial charge in [-0.1, -0.05) is 11.6 Å². The molecule has 1 N–H and O–H groups in total. The highest BCUT2D eigenvalue weighted by Gasteiger charge is 2.20. The van der Waals surface area contributed by atoms with E-state index in [1.807, 2.05) is 25.1 Å². The number of rotatable bonds is 5. The first kappa shape index (κ1) is 19.6. The maximum absolute atomic E-state index is 13.7. The van der Waals surface area contributed by atoms with Crippen molar-refractivity contribution >= 4 is 16.8 Å². The molecule has 4 rings (SSSR count). The lowest BCUT2D eigenvalue weighted by molar-refractivity contribution is 0.0717. The molecule has 6 heteroatoms. The number of aromatic amines is 1. The summed E-state index contributed by atoms with van der Waals surface area (Å²) in [5.41, 5.74) is 2.77. The molecule has 0 aliphatic carbocycles. The molecule has 5 nitrogen and oxygen atoms in total. The van der Waals surface area contributed by atoms with Crippen LogP contribution in [0.1, 0.15) is 32.8 Å². The highest BCUT2D eigenvalue weighted by atomic mass is 19.1. The fourth-order valence-corrected chi connectivity index (χ4v) is 3.44.